The zero-order valence-corrected chi connectivity index (χ0v) is 11.7. The molecule has 0 unspecified atom stereocenters. The van der Waals surface area contributed by atoms with E-state index in [4.69, 9.17) is 5.73 Å². The van der Waals surface area contributed by atoms with E-state index in [1.165, 1.54) is 34.9 Å². The normalized spacial score (nSPS) is 16.5. The molecule has 3 nitrogen and oxygen atoms in total. The fraction of sp³-hybridized carbons (Fsp3) is 0.400. The molecule has 4 heteroatoms. The summed E-state index contributed by atoms with van der Waals surface area (Å²) in [6, 6.07) is 8.62. The molecular formula is C15H19N3S. The second kappa shape index (κ2) is 5.61. The standard InChI is InChI=1S/C15H19N3S/c16-15(17-9-11-2-1-3-11)18-10-12-4-5-14-13(8-12)6-7-19-14/h4-8,11H,1-3,9-10H2,(H3,16,17,18). The Morgan fingerprint density at radius 3 is 3.05 bits per heavy atom. The Labute approximate surface area is 117 Å². The maximum Gasteiger partial charge on any atom is 0.188 e. The van der Waals surface area contributed by atoms with Crippen molar-refractivity contribution in [1.82, 2.24) is 5.32 Å². The number of hydrogen-bond acceptors (Lipinski definition) is 2. The van der Waals surface area contributed by atoms with Gasteiger partial charge in [0.2, 0.25) is 0 Å². The zero-order chi connectivity index (χ0) is 13.1. The number of aliphatic imine (C=N–C) groups is 1. The number of nitrogens with one attached hydrogen (secondary N) is 1. The molecule has 2 aromatic rings. The van der Waals surface area contributed by atoms with Crippen molar-refractivity contribution in [3.8, 4) is 0 Å². The number of rotatable bonds is 4. The summed E-state index contributed by atoms with van der Waals surface area (Å²) in [6.07, 6.45) is 4.02. The van der Waals surface area contributed by atoms with E-state index in [0.29, 0.717) is 12.5 Å². The molecule has 19 heavy (non-hydrogen) atoms. The number of nitrogens with zero attached hydrogens (tertiary/aromatic N) is 1. The molecule has 1 aromatic carbocycles. The van der Waals surface area contributed by atoms with Crippen LogP contribution in [0.3, 0.4) is 0 Å². The van der Waals surface area contributed by atoms with E-state index in [-0.39, 0.29) is 0 Å². The fourth-order valence-corrected chi connectivity index (χ4v) is 3.06. The Balaban J connectivity index is 1.57. The summed E-state index contributed by atoms with van der Waals surface area (Å²) < 4.78 is 1.32. The second-order valence-electron chi connectivity index (χ2n) is 5.17. The third-order valence-electron chi connectivity index (χ3n) is 3.75. The van der Waals surface area contributed by atoms with Crippen LogP contribution in [-0.2, 0) is 6.54 Å². The fourth-order valence-electron chi connectivity index (χ4n) is 2.29. The lowest BCUT2D eigenvalue weighted by Gasteiger charge is -2.25. The molecular weight excluding hydrogens is 254 g/mol. The van der Waals surface area contributed by atoms with Crippen LogP contribution in [0.4, 0.5) is 0 Å². The summed E-state index contributed by atoms with van der Waals surface area (Å²) in [5, 5.41) is 6.62. The Hall–Kier alpha value is -1.55. The molecule has 1 fully saturated rings. The first-order valence-electron chi connectivity index (χ1n) is 6.81. The van der Waals surface area contributed by atoms with Crippen molar-refractivity contribution in [2.75, 3.05) is 6.54 Å². The Bertz CT molecular complexity index is 584. The van der Waals surface area contributed by atoms with Gasteiger partial charge in [-0.2, -0.15) is 0 Å². The largest absolute Gasteiger partial charge is 0.370 e. The Morgan fingerprint density at radius 2 is 2.26 bits per heavy atom. The lowest BCUT2D eigenvalue weighted by atomic mass is 9.85. The van der Waals surface area contributed by atoms with Crippen molar-refractivity contribution in [2.24, 2.45) is 16.6 Å². The van der Waals surface area contributed by atoms with E-state index in [1.807, 2.05) is 0 Å². The van der Waals surface area contributed by atoms with Gasteiger partial charge < -0.3 is 11.1 Å². The summed E-state index contributed by atoms with van der Waals surface area (Å²) in [5.74, 6) is 1.37. The average Bonchev–Trinajstić information content (AvgIpc) is 2.81. The SMILES string of the molecule is NC(=NCc1ccc2sccc2c1)NCC1CCC1. The highest BCUT2D eigenvalue weighted by Gasteiger charge is 2.16. The van der Waals surface area contributed by atoms with Gasteiger partial charge in [-0.05, 0) is 53.3 Å². The highest BCUT2D eigenvalue weighted by atomic mass is 32.1. The molecule has 0 spiro atoms. The number of thiophene rings is 1. The van der Waals surface area contributed by atoms with Gasteiger partial charge in [0.1, 0.15) is 0 Å². The lowest BCUT2D eigenvalue weighted by molar-refractivity contribution is 0.315. The van der Waals surface area contributed by atoms with Crippen LogP contribution in [-0.4, -0.2) is 12.5 Å². The van der Waals surface area contributed by atoms with Crippen LogP contribution >= 0.6 is 11.3 Å². The molecule has 0 bridgehead atoms. The van der Waals surface area contributed by atoms with Crippen molar-refractivity contribution in [3.63, 3.8) is 0 Å². The first kappa shape index (κ1) is 12.5. The number of nitrogens with two attached hydrogens (primary N) is 1. The minimum atomic E-state index is 0.567. The van der Waals surface area contributed by atoms with Crippen LogP contribution < -0.4 is 11.1 Å². The van der Waals surface area contributed by atoms with Crippen molar-refractivity contribution in [2.45, 2.75) is 25.8 Å². The van der Waals surface area contributed by atoms with Gasteiger partial charge in [0, 0.05) is 11.2 Å². The van der Waals surface area contributed by atoms with Gasteiger partial charge in [-0.3, -0.25) is 0 Å². The quantitative estimate of drug-likeness (QED) is 0.664. The first-order valence-corrected chi connectivity index (χ1v) is 7.69. The van der Waals surface area contributed by atoms with E-state index >= 15 is 0 Å². The highest BCUT2D eigenvalue weighted by Crippen LogP contribution is 2.25. The number of guanidine groups is 1. The van der Waals surface area contributed by atoms with Crippen LogP contribution in [0.1, 0.15) is 24.8 Å². The minimum absolute atomic E-state index is 0.567. The minimum Gasteiger partial charge on any atom is -0.370 e. The highest BCUT2D eigenvalue weighted by molar-refractivity contribution is 7.17. The first-order chi connectivity index (χ1) is 9.31. The molecule has 0 radical (unpaired) electrons. The molecule has 1 heterocycles. The van der Waals surface area contributed by atoms with Crippen molar-refractivity contribution in [1.29, 1.82) is 0 Å². The maximum absolute atomic E-state index is 5.88. The summed E-state index contributed by atoms with van der Waals surface area (Å²) >= 11 is 1.77. The van der Waals surface area contributed by atoms with Crippen LogP contribution in [0.15, 0.2) is 34.6 Å². The molecule has 0 amide bonds. The Morgan fingerprint density at radius 1 is 1.37 bits per heavy atom. The lowest BCUT2D eigenvalue weighted by Crippen LogP contribution is -2.37. The number of hydrogen-bond donors (Lipinski definition) is 2. The van der Waals surface area contributed by atoms with Gasteiger partial charge >= 0.3 is 0 Å². The summed E-state index contributed by atoms with van der Waals surface area (Å²) in [6.45, 7) is 1.62. The number of fused-ring (bicyclic) bond motifs is 1. The predicted molar refractivity (Wildman–Crippen MR) is 82.5 cm³/mol. The zero-order valence-electron chi connectivity index (χ0n) is 10.9. The van der Waals surface area contributed by atoms with E-state index in [1.54, 1.807) is 11.3 Å². The molecule has 3 rings (SSSR count). The van der Waals surface area contributed by atoms with Gasteiger partial charge in [0.25, 0.3) is 0 Å². The molecule has 1 saturated carbocycles. The second-order valence-corrected chi connectivity index (χ2v) is 6.12. The van der Waals surface area contributed by atoms with Crippen molar-refractivity contribution >= 4 is 27.4 Å². The third-order valence-corrected chi connectivity index (χ3v) is 4.64. The van der Waals surface area contributed by atoms with Crippen molar-refractivity contribution in [3.05, 3.63) is 35.2 Å². The van der Waals surface area contributed by atoms with Gasteiger partial charge in [-0.1, -0.05) is 12.5 Å². The Kier molecular flexibility index (Phi) is 3.69. The maximum atomic E-state index is 5.88. The average molecular weight is 273 g/mol. The van der Waals surface area contributed by atoms with E-state index in [9.17, 15) is 0 Å². The summed E-state index contributed by atoms with van der Waals surface area (Å²) in [5.41, 5.74) is 7.09. The van der Waals surface area contributed by atoms with Gasteiger partial charge in [0.15, 0.2) is 5.96 Å². The topological polar surface area (TPSA) is 50.4 Å². The summed E-state index contributed by atoms with van der Waals surface area (Å²) in [7, 11) is 0. The molecule has 1 aliphatic carbocycles. The van der Waals surface area contributed by atoms with Crippen molar-refractivity contribution < 1.29 is 0 Å². The van der Waals surface area contributed by atoms with E-state index < -0.39 is 0 Å². The molecule has 1 aliphatic rings. The van der Waals surface area contributed by atoms with Crippen LogP contribution in [0.5, 0.6) is 0 Å². The molecule has 0 aliphatic heterocycles. The summed E-state index contributed by atoms with van der Waals surface area (Å²) in [4.78, 5) is 4.40. The predicted octanol–water partition coefficient (Wildman–Crippen LogP) is 3.11. The molecule has 1 aromatic heterocycles. The molecule has 0 saturated heterocycles. The smallest absolute Gasteiger partial charge is 0.188 e. The van der Waals surface area contributed by atoms with Crippen LogP contribution in [0, 0.1) is 5.92 Å². The molecule has 3 N–H and O–H groups in total. The molecule has 0 atom stereocenters. The monoisotopic (exact) mass is 273 g/mol. The van der Waals surface area contributed by atoms with Gasteiger partial charge in [0.05, 0.1) is 6.54 Å². The number of benzene rings is 1. The van der Waals surface area contributed by atoms with Gasteiger partial charge in [-0.15, -0.1) is 11.3 Å². The van der Waals surface area contributed by atoms with E-state index in [2.05, 4.69) is 40.0 Å². The third kappa shape index (κ3) is 3.07. The van der Waals surface area contributed by atoms with Crippen LogP contribution in [0.25, 0.3) is 10.1 Å². The van der Waals surface area contributed by atoms with Gasteiger partial charge in [-0.25, -0.2) is 4.99 Å². The molecule has 100 valence electrons. The van der Waals surface area contributed by atoms with Crippen LogP contribution in [0.2, 0.25) is 0 Å². The van der Waals surface area contributed by atoms with E-state index in [0.717, 1.165) is 12.5 Å².